The smallest absolute Gasteiger partial charge is 0.119 e. The lowest BCUT2D eigenvalue weighted by Gasteiger charge is -2.42. The zero-order chi connectivity index (χ0) is 10.1. The molecule has 2 N–H and O–H groups in total. The van der Waals surface area contributed by atoms with Crippen molar-refractivity contribution in [1.82, 2.24) is 0 Å². The van der Waals surface area contributed by atoms with Crippen molar-refractivity contribution in [3.05, 3.63) is 0 Å². The first-order valence-electron chi connectivity index (χ1n) is 4.30. The predicted molar refractivity (Wildman–Crippen MR) is 56.2 cm³/mol. The Balaban J connectivity index is 2.89. The van der Waals surface area contributed by atoms with E-state index < -0.39 is 20.5 Å². The summed E-state index contributed by atoms with van der Waals surface area (Å²) in [7, 11) is -1.06. The van der Waals surface area contributed by atoms with Crippen molar-refractivity contribution in [2.75, 3.05) is 18.1 Å². The van der Waals surface area contributed by atoms with E-state index >= 15 is 0 Å². The molecule has 0 amide bonds. The van der Waals surface area contributed by atoms with Crippen molar-refractivity contribution in [3.8, 4) is 0 Å². The third-order valence-corrected chi connectivity index (χ3v) is 6.93. The van der Waals surface area contributed by atoms with Crippen LogP contribution in [0.1, 0.15) is 20.3 Å². The molecule has 1 rings (SSSR count). The lowest BCUT2D eigenvalue weighted by molar-refractivity contribution is -0.00543. The second-order valence-electron chi connectivity index (χ2n) is 3.63. The standard InChI is InChI=1S/C8H16O3S2/c1-7(10,6-9)8(2)12-4-3-5-13(8)11/h9-10H,3-6H2,1-2H3/t7-,8+,13?/m0/s1. The number of thioether (sulfide) groups is 1. The van der Waals surface area contributed by atoms with Gasteiger partial charge in [0.15, 0.2) is 0 Å². The quantitative estimate of drug-likeness (QED) is 0.710. The van der Waals surface area contributed by atoms with Crippen LogP contribution in [-0.2, 0) is 10.8 Å². The molecule has 1 aliphatic rings. The number of rotatable bonds is 2. The molecule has 0 aliphatic carbocycles. The molecule has 1 unspecified atom stereocenters. The summed E-state index contributed by atoms with van der Waals surface area (Å²) in [6, 6.07) is 0. The van der Waals surface area contributed by atoms with E-state index in [1.54, 1.807) is 13.8 Å². The number of aliphatic hydroxyl groups excluding tert-OH is 1. The molecule has 0 aromatic rings. The van der Waals surface area contributed by atoms with Crippen LogP contribution in [0.3, 0.4) is 0 Å². The van der Waals surface area contributed by atoms with Crippen LogP contribution in [0.25, 0.3) is 0 Å². The van der Waals surface area contributed by atoms with Crippen LogP contribution >= 0.6 is 11.8 Å². The maximum Gasteiger partial charge on any atom is 0.119 e. The van der Waals surface area contributed by atoms with Gasteiger partial charge in [-0.15, -0.1) is 11.8 Å². The first-order valence-corrected chi connectivity index (χ1v) is 6.60. The Morgan fingerprint density at radius 2 is 2.31 bits per heavy atom. The van der Waals surface area contributed by atoms with Crippen molar-refractivity contribution >= 4 is 22.6 Å². The van der Waals surface area contributed by atoms with Crippen LogP contribution in [-0.4, -0.2) is 42.2 Å². The Labute approximate surface area is 85.4 Å². The first-order chi connectivity index (χ1) is 5.94. The normalized spacial score (nSPS) is 39.8. The third kappa shape index (κ3) is 1.93. The maximum atomic E-state index is 11.7. The minimum atomic E-state index is -1.26. The monoisotopic (exact) mass is 224 g/mol. The maximum absolute atomic E-state index is 11.7. The molecule has 3 nitrogen and oxygen atoms in total. The summed E-state index contributed by atoms with van der Waals surface area (Å²) in [6.45, 7) is 2.97. The second-order valence-corrected chi connectivity index (χ2v) is 7.32. The summed E-state index contributed by atoms with van der Waals surface area (Å²) in [5.74, 6) is 1.53. The molecule has 0 spiro atoms. The van der Waals surface area contributed by atoms with Crippen LogP contribution in [0.5, 0.6) is 0 Å². The second kappa shape index (κ2) is 3.88. The minimum Gasteiger partial charge on any atom is -0.393 e. The van der Waals surface area contributed by atoms with E-state index in [4.69, 9.17) is 5.11 Å². The number of hydrogen-bond donors (Lipinski definition) is 2. The highest BCUT2D eigenvalue weighted by Crippen LogP contribution is 2.42. The predicted octanol–water partition coefficient (Wildman–Crippen LogP) is 0.331. The minimum absolute atomic E-state index is 0.345. The Morgan fingerprint density at radius 1 is 1.69 bits per heavy atom. The van der Waals surface area contributed by atoms with Crippen LogP contribution in [0, 0.1) is 0 Å². The van der Waals surface area contributed by atoms with Gasteiger partial charge < -0.3 is 10.2 Å². The van der Waals surface area contributed by atoms with E-state index in [2.05, 4.69) is 0 Å². The van der Waals surface area contributed by atoms with Gasteiger partial charge in [-0.3, -0.25) is 4.21 Å². The zero-order valence-electron chi connectivity index (χ0n) is 7.95. The highest BCUT2D eigenvalue weighted by Gasteiger charge is 2.49. The van der Waals surface area contributed by atoms with Gasteiger partial charge in [-0.05, 0) is 26.0 Å². The average molecular weight is 224 g/mol. The van der Waals surface area contributed by atoms with Gasteiger partial charge in [-0.2, -0.15) is 0 Å². The largest absolute Gasteiger partial charge is 0.393 e. The van der Waals surface area contributed by atoms with Crippen LogP contribution in [0.4, 0.5) is 0 Å². The van der Waals surface area contributed by atoms with E-state index in [0.29, 0.717) is 5.75 Å². The zero-order valence-corrected chi connectivity index (χ0v) is 9.58. The topological polar surface area (TPSA) is 57.5 Å². The van der Waals surface area contributed by atoms with Crippen molar-refractivity contribution in [3.63, 3.8) is 0 Å². The average Bonchev–Trinajstić information content (AvgIpc) is 2.10. The van der Waals surface area contributed by atoms with E-state index in [0.717, 1.165) is 12.2 Å². The molecule has 13 heavy (non-hydrogen) atoms. The highest BCUT2D eigenvalue weighted by atomic mass is 32.2. The molecule has 0 bridgehead atoms. The van der Waals surface area contributed by atoms with Gasteiger partial charge in [-0.25, -0.2) is 0 Å². The molecule has 0 radical (unpaired) electrons. The van der Waals surface area contributed by atoms with Gasteiger partial charge in [0.05, 0.1) is 6.61 Å². The summed E-state index contributed by atoms with van der Waals surface area (Å²) in [6.07, 6.45) is 0.925. The summed E-state index contributed by atoms with van der Waals surface area (Å²) >= 11 is 1.49. The van der Waals surface area contributed by atoms with Crippen molar-refractivity contribution in [2.24, 2.45) is 0 Å². The lowest BCUT2D eigenvalue weighted by atomic mass is 10.0. The Kier molecular flexibility index (Phi) is 3.43. The summed E-state index contributed by atoms with van der Waals surface area (Å²) in [5.41, 5.74) is -1.26. The van der Waals surface area contributed by atoms with Gasteiger partial charge in [-0.1, -0.05) is 0 Å². The molecule has 5 heteroatoms. The van der Waals surface area contributed by atoms with Crippen LogP contribution in [0.15, 0.2) is 0 Å². The molecule has 1 saturated heterocycles. The Hall–Kier alpha value is 0.420. The van der Waals surface area contributed by atoms with E-state index in [-0.39, 0.29) is 6.61 Å². The Morgan fingerprint density at radius 3 is 2.77 bits per heavy atom. The van der Waals surface area contributed by atoms with Gasteiger partial charge in [0.1, 0.15) is 9.68 Å². The fraction of sp³-hybridized carbons (Fsp3) is 1.00. The summed E-state index contributed by atoms with van der Waals surface area (Å²) in [4.78, 5) is 0. The van der Waals surface area contributed by atoms with E-state index in [9.17, 15) is 9.32 Å². The molecule has 78 valence electrons. The van der Waals surface area contributed by atoms with Crippen molar-refractivity contribution < 1.29 is 14.4 Å². The van der Waals surface area contributed by atoms with Crippen molar-refractivity contribution in [1.29, 1.82) is 0 Å². The fourth-order valence-electron chi connectivity index (χ4n) is 1.26. The first kappa shape index (κ1) is 11.5. The lowest BCUT2D eigenvalue weighted by Crippen LogP contribution is -2.55. The van der Waals surface area contributed by atoms with E-state index in [1.165, 1.54) is 11.8 Å². The number of aliphatic hydroxyl groups is 2. The van der Waals surface area contributed by atoms with Crippen molar-refractivity contribution in [2.45, 2.75) is 29.9 Å². The van der Waals surface area contributed by atoms with Gasteiger partial charge in [0, 0.05) is 16.6 Å². The summed E-state index contributed by atoms with van der Waals surface area (Å²) in [5, 5.41) is 18.9. The van der Waals surface area contributed by atoms with Gasteiger partial charge in [0.2, 0.25) is 0 Å². The molecule has 1 fully saturated rings. The van der Waals surface area contributed by atoms with Crippen LogP contribution < -0.4 is 0 Å². The van der Waals surface area contributed by atoms with Gasteiger partial charge >= 0.3 is 0 Å². The molecular weight excluding hydrogens is 208 g/mol. The molecular formula is C8H16O3S2. The molecule has 0 saturated carbocycles. The molecule has 3 atom stereocenters. The third-order valence-electron chi connectivity index (χ3n) is 2.57. The van der Waals surface area contributed by atoms with E-state index in [1.807, 2.05) is 0 Å². The Bertz CT molecular complexity index is 217. The van der Waals surface area contributed by atoms with Crippen LogP contribution in [0.2, 0.25) is 0 Å². The molecule has 0 aromatic carbocycles. The highest BCUT2D eigenvalue weighted by molar-refractivity contribution is 8.13. The molecule has 0 aromatic heterocycles. The molecule has 1 aliphatic heterocycles. The van der Waals surface area contributed by atoms with Gasteiger partial charge in [0.25, 0.3) is 0 Å². The fourth-order valence-corrected chi connectivity index (χ4v) is 4.88. The molecule has 1 heterocycles. The summed E-state index contributed by atoms with van der Waals surface area (Å²) < 4.78 is 11.0. The number of hydrogen-bond acceptors (Lipinski definition) is 4. The SMILES string of the molecule is C[C@](O)(CO)[C@]1(C)SCCCS1=O.